The molecule has 40 heavy (non-hydrogen) atoms. The lowest BCUT2D eigenvalue weighted by Gasteiger charge is -2.27. The Morgan fingerprint density at radius 2 is 1.70 bits per heavy atom. The highest BCUT2D eigenvalue weighted by atomic mass is 16.3. The number of hydrogen-bond acceptors (Lipinski definition) is 4. The molecule has 3 aliphatic rings. The smallest absolute Gasteiger partial charge is 0.272 e. The van der Waals surface area contributed by atoms with Crippen molar-refractivity contribution in [1.29, 1.82) is 0 Å². The molecule has 0 bridgehead atoms. The fraction of sp³-hybridized carbons (Fsp3) is 0.559. The van der Waals surface area contributed by atoms with E-state index in [9.17, 15) is 14.7 Å². The SMILES string of the molecule is CCCC[C@H](O)[C@@H](CC1CC1)C(=O)NC1N=C(C2CCCCCC2)c2ccccc2N(Cc2ccccc2)C1=O. The molecular weight excluding hydrogens is 498 g/mol. The molecule has 1 unspecified atom stereocenters. The van der Waals surface area contributed by atoms with Crippen molar-refractivity contribution in [1.82, 2.24) is 5.32 Å². The van der Waals surface area contributed by atoms with Crippen molar-refractivity contribution < 1.29 is 14.7 Å². The molecule has 1 aliphatic heterocycles. The number of aliphatic hydroxyl groups excluding tert-OH is 1. The minimum Gasteiger partial charge on any atom is -0.392 e. The lowest BCUT2D eigenvalue weighted by atomic mass is 9.89. The summed E-state index contributed by atoms with van der Waals surface area (Å²) in [6, 6.07) is 18.1. The molecule has 2 aromatic rings. The molecule has 2 N–H and O–H groups in total. The van der Waals surface area contributed by atoms with Gasteiger partial charge in [-0.05, 0) is 43.2 Å². The summed E-state index contributed by atoms with van der Waals surface area (Å²) >= 11 is 0. The average molecular weight is 544 g/mol. The van der Waals surface area contributed by atoms with Crippen LogP contribution in [0.25, 0.3) is 0 Å². The third-order valence-electron chi connectivity index (χ3n) is 8.88. The Morgan fingerprint density at radius 3 is 2.40 bits per heavy atom. The van der Waals surface area contributed by atoms with Crippen molar-refractivity contribution in [2.75, 3.05) is 4.90 Å². The van der Waals surface area contributed by atoms with Gasteiger partial charge >= 0.3 is 0 Å². The lowest BCUT2D eigenvalue weighted by molar-refractivity contribution is -0.133. The van der Waals surface area contributed by atoms with Crippen molar-refractivity contribution in [3.8, 4) is 0 Å². The van der Waals surface area contributed by atoms with Crippen LogP contribution in [0.15, 0.2) is 59.6 Å². The fourth-order valence-electron chi connectivity index (χ4n) is 6.36. The van der Waals surface area contributed by atoms with Crippen LogP contribution in [0.1, 0.15) is 95.1 Å². The maximum Gasteiger partial charge on any atom is 0.272 e. The molecule has 214 valence electrons. The molecule has 0 aromatic heterocycles. The van der Waals surface area contributed by atoms with Crippen LogP contribution in [0.4, 0.5) is 5.69 Å². The van der Waals surface area contributed by atoms with Gasteiger partial charge in [0.25, 0.3) is 5.91 Å². The van der Waals surface area contributed by atoms with Gasteiger partial charge < -0.3 is 15.3 Å². The van der Waals surface area contributed by atoms with E-state index in [0.29, 0.717) is 25.3 Å². The average Bonchev–Trinajstić information content (AvgIpc) is 3.83. The molecule has 3 atom stereocenters. The summed E-state index contributed by atoms with van der Waals surface area (Å²) < 4.78 is 0. The van der Waals surface area contributed by atoms with Gasteiger partial charge in [0.05, 0.1) is 30.0 Å². The zero-order valence-corrected chi connectivity index (χ0v) is 23.9. The molecule has 1 heterocycles. The molecule has 0 spiro atoms. The first-order valence-corrected chi connectivity index (χ1v) is 15.6. The molecule has 2 aliphatic carbocycles. The van der Waals surface area contributed by atoms with Crippen molar-refractivity contribution in [3.05, 3.63) is 65.7 Å². The lowest BCUT2D eigenvalue weighted by Crippen LogP contribution is -2.50. The van der Waals surface area contributed by atoms with E-state index in [1.54, 1.807) is 4.90 Å². The van der Waals surface area contributed by atoms with E-state index in [0.717, 1.165) is 73.9 Å². The molecule has 2 aromatic carbocycles. The minimum absolute atomic E-state index is 0.221. The van der Waals surface area contributed by atoms with Crippen LogP contribution in [0.2, 0.25) is 0 Å². The number of para-hydroxylation sites is 1. The number of rotatable bonds is 11. The number of amides is 2. The monoisotopic (exact) mass is 543 g/mol. The number of nitrogens with one attached hydrogen (secondary N) is 1. The normalized spacial score (nSPS) is 21.6. The molecular formula is C34H45N3O3. The highest BCUT2D eigenvalue weighted by molar-refractivity contribution is 6.14. The Morgan fingerprint density at radius 1 is 1.00 bits per heavy atom. The number of benzene rings is 2. The second kappa shape index (κ2) is 13.6. The fourth-order valence-corrected chi connectivity index (χ4v) is 6.36. The van der Waals surface area contributed by atoms with Gasteiger partial charge in [0.1, 0.15) is 0 Å². The van der Waals surface area contributed by atoms with E-state index < -0.39 is 18.2 Å². The highest BCUT2D eigenvalue weighted by Gasteiger charge is 2.38. The minimum atomic E-state index is -1.01. The van der Waals surface area contributed by atoms with Crippen LogP contribution in [0.5, 0.6) is 0 Å². The van der Waals surface area contributed by atoms with Crippen LogP contribution in [0, 0.1) is 17.8 Å². The predicted molar refractivity (Wildman–Crippen MR) is 160 cm³/mol. The number of unbranched alkanes of at least 4 members (excludes halogenated alkanes) is 1. The quantitative estimate of drug-likeness (QED) is 0.322. The van der Waals surface area contributed by atoms with Gasteiger partial charge in [-0.2, -0.15) is 0 Å². The summed E-state index contributed by atoms with van der Waals surface area (Å²) in [6.07, 6.45) is 10.5. The topological polar surface area (TPSA) is 82.0 Å². The van der Waals surface area contributed by atoms with Gasteiger partial charge in [-0.15, -0.1) is 0 Å². The molecule has 6 heteroatoms. The van der Waals surface area contributed by atoms with Crippen LogP contribution < -0.4 is 10.2 Å². The van der Waals surface area contributed by atoms with Gasteiger partial charge in [-0.1, -0.05) is 107 Å². The number of nitrogens with zero attached hydrogens (tertiary/aromatic N) is 2. The number of anilines is 1. The molecule has 2 fully saturated rings. The zero-order valence-electron chi connectivity index (χ0n) is 23.9. The number of hydrogen-bond donors (Lipinski definition) is 2. The summed E-state index contributed by atoms with van der Waals surface area (Å²) in [5, 5.41) is 14.1. The maximum atomic E-state index is 14.3. The second-order valence-corrected chi connectivity index (χ2v) is 12.0. The molecule has 2 amide bonds. The van der Waals surface area contributed by atoms with Crippen LogP contribution in [-0.4, -0.2) is 34.9 Å². The van der Waals surface area contributed by atoms with Crippen molar-refractivity contribution in [3.63, 3.8) is 0 Å². The van der Waals surface area contributed by atoms with Crippen molar-refractivity contribution >= 4 is 23.2 Å². The summed E-state index contributed by atoms with van der Waals surface area (Å²) in [7, 11) is 0. The van der Waals surface area contributed by atoms with Gasteiger partial charge in [0.15, 0.2) is 0 Å². The predicted octanol–water partition coefficient (Wildman–Crippen LogP) is 6.40. The number of fused-ring (bicyclic) bond motifs is 1. The number of carbonyl (C=O) groups excluding carboxylic acids is 2. The number of benzodiazepines with no additional fused rings is 1. The Balaban J connectivity index is 1.50. The van der Waals surface area contributed by atoms with E-state index in [1.807, 2.05) is 48.5 Å². The van der Waals surface area contributed by atoms with Crippen LogP contribution in [0.3, 0.4) is 0 Å². The molecule has 2 saturated carbocycles. The Hall–Kier alpha value is -2.99. The van der Waals surface area contributed by atoms with E-state index >= 15 is 0 Å². The van der Waals surface area contributed by atoms with E-state index in [2.05, 4.69) is 18.3 Å². The zero-order chi connectivity index (χ0) is 27.9. The van der Waals surface area contributed by atoms with Crippen LogP contribution in [-0.2, 0) is 16.1 Å². The standard InChI is InChI=1S/C34H45N3O3/c1-2-3-19-30(38)28(22-24-20-21-24)33(39)36-32-34(40)37(23-25-13-7-6-8-14-25)29-18-12-11-17-27(29)31(35-32)26-15-9-4-5-10-16-26/h6-8,11-14,17-18,24,26,28,30,32,38H,2-5,9-10,15-16,19-23H2,1H3,(H,36,39)/t28-,30+,32?/m1/s1. The second-order valence-electron chi connectivity index (χ2n) is 12.0. The first-order valence-electron chi connectivity index (χ1n) is 15.6. The van der Waals surface area contributed by atoms with E-state index in [4.69, 9.17) is 4.99 Å². The van der Waals surface area contributed by atoms with E-state index in [-0.39, 0.29) is 17.7 Å². The Bertz CT molecular complexity index is 1170. The first-order chi connectivity index (χ1) is 19.5. The third-order valence-corrected chi connectivity index (χ3v) is 8.88. The largest absolute Gasteiger partial charge is 0.392 e. The van der Waals surface area contributed by atoms with Gasteiger partial charge in [-0.3, -0.25) is 14.6 Å². The molecule has 6 nitrogen and oxygen atoms in total. The number of aliphatic imine (C=N–C) groups is 1. The Labute approximate surface area is 239 Å². The van der Waals surface area contributed by atoms with E-state index in [1.165, 1.54) is 12.8 Å². The van der Waals surface area contributed by atoms with Gasteiger partial charge in [0.2, 0.25) is 12.1 Å². The van der Waals surface area contributed by atoms with Gasteiger partial charge in [0, 0.05) is 11.5 Å². The number of carbonyl (C=O) groups is 2. The Kier molecular flexibility index (Phi) is 9.69. The third kappa shape index (κ3) is 7.01. The summed E-state index contributed by atoms with van der Waals surface area (Å²) in [4.78, 5) is 35.0. The summed E-state index contributed by atoms with van der Waals surface area (Å²) in [6.45, 7) is 2.50. The van der Waals surface area contributed by atoms with Gasteiger partial charge in [-0.25, -0.2) is 0 Å². The molecule has 0 radical (unpaired) electrons. The van der Waals surface area contributed by atoms with Crippen molar-refractivity contribution in [2.24, 2.45) is 22.7 Å². The highest BCUT2D eigenvalue weighted by Crippen LogP contribution is 2.38. The molecule has 0 saturated heterocycles. The summed E-state index contributed by atoms with van der Waals surface area (Å²) in [5.41, 5.74) is 3.81. The maximum absolute atomic E-state index is 14.3. The molecule has 5 rings (SSSR count). The first kappa shape index (κ1) is 28.5. The summed E-state index contributed by atoms with van der Waals surface area (Å²) in [5.74, 6) is -0.243. The number of aliphatic hydroxyl groups is 1. The van der Waals surface area contributed by atoms with Crippen molar-refractivity contribution in [2.45, 2.75) is 103 Å². The van der Waals surface area contributed by atoms with Crippen LogP contribution >= 0.6 is 0 Å².